The molecule has 0 unspecified atom stereocenters. The highest BCUT2D eigenvalue weighted by molar-refractivity contribution is 6.30. The Bertz CT molecular complexity index is 1150. The lowest BCUT2D eigenvalue weighted by Crippen LogP contribution is -1.94. The predicted octanol–water partition coefficient (Wildman–Crippen LogP) is 5.96. The van der Waals surface area contributed by atoms with Crippen LogP contribution in [0.25, 0.3) is 16.9 Å². The number of aromatic nitrogens is 2. The molecule has 0 aliphatic rings. The van der Waals surface area contributed by atoms with E-state index in [1.54, 1.807) is 14.2 Å². The Kier molecular flexibility index (Phi) is 5.82. The summed E-state index contributed by atoms with van der Waals surface area (Å²) in [6.07, 6.45) is 3.77. The summed E-state index contributed by atoms with van der Waals surface area (Å²) >= 11 is 6.03. The van der Waals surface area contributed by atoms with Gasteiger partial charge in [-0.2, -0.15) is 5.10 Å². The second-order valence-corrected chi connectivity index (χ2v) is 6.98. The van der Waals surface area contributed by atoms with E-state index in [0.29, 0.717) is 5.02 Å². The molecule has 0 atom stereocenters. The quantitative estimate of drug-likeness (QED) is 0.363. The summed E-state index contributed by atoms with van der Waals surface area (Å²) in [7, 11) is 3.29. The highest BCUT2D eigenvalue weighted by atomic mass is 35.5. The number of ether oxygens (including phenoxy) is 2. The van der Waals surface area contributed by atoms with Crippen molar-refractivity contribution in [3.05, 3.63) is 89.6 Å². The van der Waals surface area contributed by atoms with E-state index in [1.165, 1.54) is 0 Å². The van der Waals surface area contributed by atoms with Gasteiger partial charge in [0.15, 0.2) is 0 Å². The molecule has 4 aromatic rings. The number of hydrogen-bond donors (Lipinski definition) is 0. The zero-order valence-corrected chi connectivity index (χ0v) is 17.4. The van der Waals surface area contributed by atoms with Crippen molar-refractivity contribution in [2.75, 3.05) is 14.2 Å². The van der Waals surface area contributed by atoms with Gasteiger partial charge in [0.25, 0.3) is 0 Å². The summed E-state index contributed by atoms with van der Waals surface area (Å²) in [6.45, 7) is 0. The van der Waals surface area contributed by atoms with Gasteiger partial charge in [0.05, 0.1) is 25.6 Å². The average Bonchev–Trinajstić information content (AvgIpc) is 3.23. The maximum absolute atomic E-state index is 6.03. The molecular weight excluding hydrogens is 398 g/mol. The number of methoxy groups -OCH3 is 2. The topological polar surface area (TPSA) is 48.6 Å². The van der Waals surface area contributed by atoms with Crippen molar-refractivity contribution in [1.82, 2.24) is 9.78 Å². The van der Waals surface area contributed by atoms with Gasteiger partial charge in [-0.05, 0) is 72.8 Å². The first-order valence-corrected chi connectivity index (χ1v) is 9.72. The summed E-state index contributed by atoms with van der Waals surface area (Å²) in [5.41, 5.74) is 4.43. The van der Waals surface area contributed by atoms with Gasteiger partial charge in [-0.15, -0.1) is 0 Å². The highest BCUT2D eigenvalue weighted by Crippen LogP contribution is 2.26. The third-order valence-electron chi connectivity index (χ3n) is 4.62. The molecule has 0 aliphatic carbocycles. The minimum Gasteiger partial charge on any atom is -0.497 e. The van der Waals surface area contributed by atoms with Crippen molar-refractivity contribution >= 4 is 23.5 Å². The number of benzene rings is 3. The van der Waals surface area contributed by atoms with Gasteiger partial charge in [-0.25, -0.2) is 4.68 Å². The lowest BCUT2D eigenvalue weighted by atomic mass is 10.1. The second kappa shape index (κ2) is 8.84. The Morgan fingerprint density at radius 2 is 1.43 bits per heavy atom. The fourth-order valence-corrected chi connectivity index (χ4v) is 3.12. The molecule has 0 aliphatic heterocycles. The fraction of sp³-hybridized carbons (Fsp3) is 0.0833. The van der Waals surface area contributed by atoms with Crippen LogP contribution in [0.3, 0.4) is 0 Å². The third-order valence-corrected chi connectivity index (χ3v) is 4.87. The van der Waals surface area contributed by atoms with Crippen LogP contribution in [0, 0.1) is 0 Å². The fourth-order valence-electron chi connectivity index (χ4n) is 2.99. The van der Waals surface area contributed by atoms with Crippen molar-refractivity contribution in [2.45, 2.75) is 0 Å². The molecule has 0 spiro atoms. The molecule has 0 bridgehead atoms. The molecule has 150 valence electrons. The van der Waals surface area contributed by atoms with Crippen LogP contribution >= 0.6 is 11.6 Å². The molecule has 1 heterocycles. The van der Waals surface area contributed by atoms with Gasteiger partial charge < -0.3 is 9.47 Å². The van der Waals surface area contributed by atoms with Crippen LogP contribution < -0.4 is 9.47 Å². The second-order valence-electron chi connectivity index (χ2n) is 6.54. The molecule has 0 saturated heterocycles. The first-order chi connectivity index (χ1) is 14.7. The van der Waals surface area contributed by atoms with Crippen LogP contribution in [-0.4, -0.2) is 30.2 Å². The molecule has 0 fully saturated rings. The molecule has 0 N–H and O–H groups in total. The molecule has 5 nitrogen and oxygen atoms in total. The SMILES string of the molecule is COc1ccc(N=Cc2cn(-c3ccc(Cl)cc3)nc2-c2ccc(OC)cc2)cc1. The molecular formula is C24H20ClN3O2. The van der Waals surface area contributed by atoms with Gasteiger partial charge >= 0.3 is 0 Å². The van der Waals surface area contributed by atoms with Crippen LogP contribution in [0.15, 0.2) is 84.0 Å². The van der Waals surface area contributed by atoms with Crippen LogP contribution in [0.4, 0.5) is 5.69 Å². The minimum absolute atomic E-state index is 0.683. The maximum Gasteiger partial charge on any atom is 0.119 e. The molecule has 6 heteroatoms. The van der Waals surface area contributed by atoms with Crippen LogP contribution in [-0.2, 0) is 0 Å². The van der Waals surface area contributed by atoms with Crippen LogP contribution in [0.5, 0.6) is 11.5 Å². The third kappa shape index (κ3) is 4.36. The molecule has 4 rings (SSSR count). The van der Waals surface area contributed by atoms with Crippen LogP contribution in [0.1, 0.15) is 5.56 Å². The van der Waals surface area contributed by atoms with E-state index in [0.717, 1.165) is 39.7 Å². The number of halogens is 1. The summed E-state index contributed by atoms with van der Waals surface area (Å²) < 4.78 is 12.3. The summed E-state index contributed by atoms with van der Waals surface area (Å²) in [4.78, 5) is 4.61. The Morgan fingerprint density at radius 3 is 2.03 bits per heavy atom. The monoisotopic (exact) mass is 417 g/mol. The number of hydrogen-bond acceptors (Lipinski definition) is 4. The van der Waals surface area contributed by atoms with E-state index >= 15 is 0 Å². The van der Waals surface area contributed by atoms with E-state index in [9.17, 15) is 0 Å². The van der Waals surface area contributed by atoms with E-state index in [2.05, 4.69) is 4.99 Å². The average molecular weight is 418 g/mol. The van der Waals surface area contributed by atoms with Crippen molar-refractivity contribution in [3.63, 3.8) is 0 Å². The zero-order valence-electron chi connectivity index (χ0n) is 16.6. The number of nitrogens with zero attached hydrogens (tertiary/aromatic N) is 3. The molecule has 3 aromatic carbocycles. The van der Waals surface area contributed by atoms with Crippen molar-refractivity contribution in [2.24, 2.45) is 4.99 Å². The lowest BCUT2D eigenvalue weighted by Gasteiger charge is -2.03. The van der Waals surface area contributed by atoms with Gasteiger partial charge in [0, 0.05) is 28.6 Å². The van der Waals surface area contributed by atoms with Crippen molar-refractivity contribution in [3.8, 4) is 28.4 Å². The zero-order chi connectivity index (χ0) is 20.9. The molecule has 30 heavy (non-hydrogen) atoms. The van der Waals surface area contributed by atoms with Gasteiger partial charge in [-0.1, -0.05) is 11.6 Å². The molecule has 0 amide bonds. The van der Waals surface area contributed by atoms with E-state index < -0.39 is 0 Å². The van der Waals surface area contributed by atoms with Crippen LogP contribution in [0.2, 0.25) is 5.02 Å². The summed E-state index contributed by atoms with van der Waals surface area (Å²) in [5, 5.41) is 5.48. The smallest absolute Gasteiger partial charge is 0.119 e. The lowest BCUT2D eigenvalue weighted by molar-refractivity contribution is 0.415. The highest BCUT2D eigenvalue weighted by Gasteiger charge is 2.11. The largest absolute Gasteiger partial charge is 0.497 e. The normalized spacial score (nSPS) is 11.0. The summed E-state index contributed by atoms with van der Waals surface area (Å²) in [5.74, 6) is 1.59. The molecule has 0 saturated carbocycles. The van der Waals surface area contributed by atoms with E-state index in [1.807, 2.05) is 89.9 Å². The van der Waals surface area contributed by atoms with Crippen molar-refractivity contribution < 1.29 is 9.47 Å². The first kappa shape index (κ1) is 19.7. The van der Waals surface area contributed by atoms with E-state index in [-0.39, 0.29) is 0 Å². The Morgan fingerprint density at radius 1 is 0.833 bits per heavy atom. The Balaban J connectivity index is 1.73. The summed E-state index contributed by atoms with van der Waals surface area (Å²) in [6, 6.07) is 22.9. The van der Waals surface area contributed by atoms with Gasteiger partial charge in [-0.3, -0.25) is 4.99 Å². The molecule has 0 radical (unpaired) electrons. The van der Waals surface area contributed by atoms with Crippen molar-refractivity contribution in [1.29, 1.82) is 0 Å². The predicted molar refractivity (Wildman–Crippen MR) is 121 cm³/mol. The molecule has 1 aromatic heterocycles. The van der Waals surface area contributed by atoms with Gasteiger partial charge in [0.1, 0.15) is 17.2 Å². The standard InChI is InChI=1S/C24H20ClN3O2/c1-29-22-11-3-17(4-12-22)24-18(15-26-20-7-13-23(30-2)14-8-20)16-28(27-24)21-9-5-19(25)6-10-21/h3-16H,1-2H3. The number of rotatable bonds is 6. The number of aliphatic imine (C=N–C) groups is 1. The maximum atomic E-state index is 6.03. The Hall–Kier alpha value is -3.57. The Labute approximate surface area is 180 Å². The first-order valence-electron chi connectivity index (χ1n) is 9.34. The minimum atomic E-state index is 0.683. The van der Waals surface area contributed by atoms with Gasteiger partial charge in [0.2, 0.25) is 0 Å². The van der Waals surface area contributed by atoms with E-state index in [4.69, 9.17) is 26.2 Å².